The number of morpholine rings is 1. The second-order valence-corrected chi connectivity index (χ2v) is 8.90. The van der Waals surface area contributed by atoms with Crippen LogP contribution in [0, 0.1) is 22.9 Å². The Morgan fingerprint density at radius 1 is 0.912 bits per heavy atom. The van der Waals surface area contributed by atoms with Gasteiger partial charge in [0.2, 0.25) is 5.91 Å². The largest absolute Gasteiger partial charge is 0.493 e. The first-order valence-electron chi connectivity index (χ1n) is 11.3. The molecule has 2 aromatic rings. The molecule has 0 bridgehead atoms. The van der Waals surface area contributed by atoms with Crippen LogP contribution in [0.1, 0.15) is 29.6 Å². The molecule has 2 saturated heterocycles. The van der Waals surface area contributed by atoms with E-state index in [0.717, 1.165) is 18.2 Å². The summed E-state index contributed by atoms with van der Waals surface area (Å²) in [6.07, 6.45) is 1.38. The summed E-state index contributed by atoms with van der Waals surface area (Å²) in [6.45, 7) is 2.68. The average Bonchev–Trinajstić information content (AvgIpc) is 2.83. The summed E-state index contributed by atoms with van der Waals surface area (Å²) in [7, 11) is 0. The number of carbonyl (C=O) groups is 2. The summed E-state index contributed by atoms with van der Waals surface area (Å²) in [5.74, 6) is -2.14. The molecule has 2 aromatic carbocycles. The fourth-order valence-corrected chi connectivity index (χ4v) is 4.57. The van der Waals surface area contributed by atoms with E-state index in [1.165, 1.54) is 29.2 Å². The van der Waals surface area contributed by atoms with Crippen LogP contribution < -0.4 is 4.74 Å². The topological polar surface area (TPSA) is 59.1 Å². The standard InChI is InChI=1S/C25H27F3N2O4/c26-19-2-4-22(5-3-19)34-17-25(15-23(31)29-8-10-33-11-9-29)6-1-7-30(16-25)24(32)18-12-20(27)14-21(28)13-18/h2-5,12-14H,1,6-11,15-17H2/t25-/m1/s1. The third-order valence-electron chi connectivity index (χ3n) is 6.31. The summed E-state index contributed by atoms with van der Waals surface area (Å²) in [5, 5.41) is 0. The zero-order valence-electron chi connectivity index (χ0n) is 18.8. The van der Waals surface area contributed by atoms with Crippen molar-refractivity contribution in [1.29, 1.82) is 0 Å². The number of rotatable bonds is 6. The molecule has 0 aliphatic carbocycles. The Morgan fingerprint density at radius 3 is 2.26 bits per heavy atom. The highest BCUT2D eigenvalue weighted by Crippen LogP contribution is 2.36. The van der Waals surface area contributed by atoms with Gasteiger partial charge in [0, 0.05) is 49.6 Å². The van der Waals surface area contributed by atoms with Crippen LogP contribution in [0.3, 0.4) is 0 Å². The van der Waals surface area contributed by atoms with Gasteiger partial charge < -0.3 is 19.3 Å². The normalized spacial score (nSPS) is 20.8. The van der Waals surface area contributed by atoms with Crippen LogP contribution in [0.15, 0.2) is 42.5 Å². The molecule has 0 saturated carbocycles. The van der Waals surface area contributed by atoms with Crippen LogP contribution in [-0.4, -0.2) is 67.6 Å². The Balaban J connectivity index is 1.54. The Morgan fingerprint density at radius 2 is 1.59 bits per heavy atom. The monoisotopic (exact) mass is 476 g/mol. The third-order valence-corrected chi connectivity index (χ3v) is 6.31. The maximum absolute atomic E-state index is 13.7. The van der Waals surface area contributed by atoms with Crippen molar-refractivity contribution in [3.63, 3.8) is 0 Å². The number of ether oxygens (including phenoxy) is 2. The van der Waals surface area contributed by atoms with Crippen LogP contribution >= 0.6 is 0 Å². The van der Waals surface area contributed by atoms with Crippen LogP contribution in [0.25, 0.3) is 0 Å². The molecular weight excluding hydrogens is 449 g/mol. The Kier molecular flexibility index (Phi) is 7.41. The van der Waals surface area contributed by atoms with Crippen molar-refractivity contribution in [2.45, 2.75) is 19.3 Å². The third kappa shape index (κ3) is 5.88. The maximum Gasteiger partial charge on any atom is 0.254 e. The van der Waals surface area contributed by atoms with Crippen molar-refractivity contribution < 1.29 is 32.2 Å². The minimum absolute atomic E-state index is 0.0582. The number of piperidine rings is 1. The van der Waals surface area contributed by atoms with Gasteiger partial charge in [-0.3, -0.25) is 9.59 Å². The van der Waals surface area contributed by atoms with Crippen LogP contribution in [0.5, 0.6) is 5.75 Å². The van der Waals surface area contributed by atoms with E-state index >= 15 is 0 Å². The van der Waals surface area contributed by atoms with Gasteiger partial charge in [0.05, 0.1) is 19.8 Å². The summed E-state index contributed by atoms with van der Waals surface area (Å²) in [4.78, 5) is 29.5. The number of benzene rings is 2. The molecule has 6 nitrogen and oxygen atoms in total. The van der Waals surface area contributed by atoms with E-state index in [1.54, 1.807) is 4.90 Å². The molecule has 0 N–H and O–H groups in total. The number of nitrogens with zero attached hydrogens (tertiary/aromatic N) is 2. The van der Waals surface area contributed by atoms with Crippen LogP contribution in [0.4, 0.5) is 13.2 Å². The summed E-state index contributed by atoms with van der Waals surface area (Å²) in [5.41, 5.74) is -0.781. The zero-order valence-corrected chi connectivity index (χ0v) is 18.8. The Bertz CT molecular complexity index is 1010. The van der Waals surface area contributed by atoms with Crippen LogP contribution in [-0.2, 0) is 9.53 Å². The Hall–Kier alpha value is -3.07. The lowest BCUT2D eigenvalue weighted by atomic mass is 9.77. The van der Waals surface area contributed by atoms with Gasteiger partial charge in [0.25, 0.3) is 5.91 Å². The zero-order chi connectivity index (χ0) is 24.1. The van der Waals surface area contributed by atoms with E-state index in [0.29, 0.717) is 51.4 Å². The van der Waals surface area contributed by atoms with Crippen molar-refractivity contribution in [3.8, 4) is 5.75 Å². The number of carbonyl (C=O) groups excluding carboxylic acids is 2. The highest BCUT2D eigenvalue weighted by molar-refractivity contribution is 5.94. The molecule has 2 fully saturated rings. The minimum atomic E-state index is -0.825. The molecule has 1 atom stereocenters. The van der Waals surface area contributed by atoms with Gasteiger partial charge in [-0.05, 0) is 49.2 Å². The summed E-state index contributed by atoms with van der Waals surface area (Å²) >= 11 is 0. The molecule has 0 radical (unpaired) electrons. The summed E-state index contributed by atoms with van der Waals surface area (Å²) < 4.78 is 52.0. The molecule has 2 amide bonds. The van der Waals surface area contributed by atoms with Gasteiger partial charge in [0.1, 0.15) is 23.2 Å². The lowest BCUT2D eigenvalue weighted by Gasteiger charge is -2.43. The maximum atomic E-state index is 13.7. The SMILES string of the molecule is O=C(C[C@]1(COc2ccc(F)cc2)CCCN(C(=O)c2cc(F)cc(F)c2)C1)N1CCOCC1. The van der Waals surface area contributed by atoms with Crippen molar-refractivity contribution in [1.82, 2.24) is 9.80 Å². The van der Waals surface area contributed by atoms with Gasteiger partial charge in [-0.2, -0.15) is 0 Å². The highest BCUT2D eigenvalue weighted by Gasteiger charge is 2.41. The van der Waals surface area contributed by atoms with Gasteiger partial charge in [-0.15, -0.1) is 0 Å². The van der Waals surface area contributed by atoms with E-state index in [4.69, 9.17) is 9.47 Å². The van der Waals surface area contributed by atoms with E-state index in [9.17, 15) is 22.8 Å². The molecule has 4 rings (SSSR count). The van der Waals surface area contributed by atoms with Crippen LogP contribution in [0.2, 0.25) is 0 Å². The number of hydrogen-bond acceptors (Lipinski definition) is 4. The molecule has 34 heavy (non-hydrogen) atoms. The molecule has 2 heterocycles. The molecule has 0 spiro atoms. The first-order valence-corrected chi connectivity index (χ1v) is 11.3. The first-order chi connectivity index (χ1) is 16.3. The van der Waals surface area contributed by atoms with Gasteiger partial charge in [0.15, 0.2) is 0 Å². The second-order valence-electron chi connectivity index (χ2n) is 8.90. The van der Waals surface area contributed by atoms with Gasteiger partial charge in [-0.25, -0.2) is 13.2 Å². The van der Waals surface area contributed by atoms with Crippen molar-refractivity contribution >= 4 is 11.8 Å². The van der Waals surface area contributed by atoms with E-state index in [2.05, 4.69) is 0 Å². The number of halogens is 3. The minimum Gasteiger partial charge on any atom is -0.493 e. The first kappa shape index (κ1) is 24.1. The lowest BCUT2D eigenvalue weighted by Crippen LogP contribution is -2.52. The second kappa shape index (κ2) is 10.5. The van der Waals surface area contributed by atoms with Crippen molar-refractivity contribution in [2.75, 3.05) is 46.0 Å². The molecule has 0 unspecified atom stereocenters. The van der Waals surface area contributed by atoms with E-state index in [-0.39, 0.29) is 36.9 Å². The number of amides is 2. The van der Waals surface area contributed by atoms with Gasteiger partial charge >= 0.3 is 0 Å². The van der Waals surface area contributed by atoms with Gasteiger partial charge in [-0.1, -0.05) is 0 Å². The molecule has 9 heteroatoms. The molecule has 182 valence electrons. The fraction of sp³-hybridized carbons (Fsp3) is 0.440. The summed E-state index contributed by atoms with van der Waals surface area (Å²) in [6, 6.07) is 8.33. The lowest BCUT2D eigenvalue weighted by molar-refractivity contribution is -0.139. The fourth-order valence-electron chi connectivity index (χ4n) is 4.57. The average molecular weight is 476 g/mol. The highest BCUT2D eigenvalue weighted by atomic mass is 19.1. The number of hydrogen-bond donors (Lipinski definition) is 0. The van der Waals surface area contributed by atoms with E-state index < -0.39 is 23.0 Å². The quantitative estimate of drug-likeness (QED) is 0.639. The smallest absolute Gasteiger partial charge is 0.254 e. The predicted octanol–water partition coefficient (Wildman–Crippen LogP) is 3.65. The number of likely N-dealkylation sites (tertiary alicyclic amines) is 1. The van der Waals surface area contributed by atoms with E-state index in [1.807, 2.05) is 0 Å². The van der Waals surface area contributed by atoms with Crippen molar-refractivity contribution in [2.24, 2.45) is 5.41 Å². The molecular formula is C25H27F3N2O4. The molecule has 2 aliphatic heterocycles. The Labute approximate surface area is 196 Å². The predicted molar refractivity (Wildman–Crippen MR) is 118 cm³/mol. The van der Waals surface area contributed by atoms with Crippen molar-refractivity contribution in [3.05, 3.63) is 65.5 Å². The molecule has 2 aliphatic rings. The molecule has 0 aromatic heterocycles.